The lowest BCUT2D eigenvalue weighted by atomic mass is 10.1. The normalized spacial score (nSPS) is 14.8. The molecule has 1 fully saturated rings. The summed E-state index contributed by atoms with van der Waals surface area (Å²) < 4.78 is 0. The molecule has 3 rings (SSSR count). The summed E-state index contributed by atoms with van der Waals surface area (Å²) >= 11 is 5.89. The van der Waals surface area contributed by atoms with Gasteiger partial charge in [0.05, 0.1) is 10.6 Å². The van der Waals surface area contributed by atoms with E-state index in [0.29, 0.717) is 30.2 Å². The first-order chi connectivity index (χ1) is 11.9. The van der Waals surface area contributed by atoms with E-state index in [4.69, 9.17) is 11.6 Å². The van der Waals surface area contributed by atoms with Crippen molar-refractivity contribution < 1.29 is 9.59 Å². The first-order valence-corrected chi connectivity index (χ1v) is 8.55. The number of carbonyl (C=O) groups excluding carboxylic acids is 2. The standard InChI is InChI=1S/C19H20ClN3O2/c1-13-3-4-15(7-14(13)2)11-22-5-6-23(12-18(22)24)19(25)16-8-17(20)10-21-9-16/h3-4,7-10H,5-6,11-12H2,1-2H3. The molecule has 1 aromatic heterocycles. The second kappa shape index (κ2) is 7.23. The van der Waals surface area contributed by atoms with E-state index in [2.05, 4.69) is 31.0 Å². The number of amides is 2. The number of pyridine rings is 1. The first kappa shape index (κ1) is 17.4. The van der Waals surface area contributed by atoms with Crippen LogP contribution in [0.3, 0.4) is 0 Å². The van der Waals surface area contributed by atoms with Gasteiger partial charge in [-0.1, -0.05) is 29.8 Å². The highest BCUT2D eigenvalue weighted by atomic mass is 35.5. The van der Waals surface area contributed by atoms with Gasteiger partial charge in [0.2, 0.25) is 5.91 Å². The quantitative estimate of drug-likeness (QED) is 0.848. The molecular weight excluding hydrogens is 338 g/mol. The van der Waals surface area contributed by atoms with Crippen molar-refractivity contribution in [3.05, 3.63) is 63.9 Å². The van der Waals surface area contributed by atoms with E-state index in [1.54, 1.807) is 15.9 Å². The van der Waals surface area contributed by atoms with E-state index < -0.39 is 0 Å². The zero-order chi connectivity index (χ0) is 18.0. The van der Waals surface area contributed by atoms with Crippen LogP contribution in [0.1, 0.15) is 27.0 Å². The molecule has 0 aliphatic carbocycles. The summed E-state index contributed by atoms with van der Waals surface area (Å²) in [4.78, 5) is 32.2. The topological polar surface area (TPSA) is 53.5 Å². The van der Waals surface area contributed by atoms with Gasteiger partial charge in [-0.3, -0.25) is 14.6 Å². The van der Waals surface area contributed by atoms with Crippen molar-refractivity contribution in [2.75, 3.05) is 19.6 Å². The van der Waals surface area contributed by atoms with Crippen LogP contribution in [-0.2, 0) is 11.3 Å². The summed E-state index contributed by atoms with van der Waals surface area (Å²) in [6, 6.07) is 7.80. The number of hydrogen-bond donors (Lipinski definition) is 0. The number of halogens is 1. The predicted octanol–water partition coefficient (Wildman–Crippen LogP) is 2.84. The number of aryl methyl sites for hydroxylation is 2. The van der Waals surface area contributed by atoms with Crippen LogP contribution in [0.25, 0.3) is 0 Å². The van der Waals surface area contributed by atoms with Crippen LogP contribution in [0, 0.1) is 13.8 Å². The Labute approximate surface area is 152 Å². The maximum atomic E-state index is 12.5. The largest absolute Gasteiger partial charge is 0.335 e. The number of piperazine rings is 1. The van der Waals surface area contributed by atoms with Gasteiger partial charge in [-0.2, -0.15) is 0 Å². The fourth-order valence-electron chi connectivity index (χ4n) is 2.88. The maximum Gasteiger partial charge on any atom is 0.256 e. The van der Waals surface area contributed by atoms with Gasteiger partial charge in [-0.25, -0.2) is 0 Å². The third kappa shape index (κ3) is 3.99. The highest BCUT2D eigenvalue weighted by molar-refractivity contribution is 6.30. The van der Waals surface area contributed by atoms with Crippen LogP contribution in [-0.4, -0.2) is 46.2 Å². The number of benzene rings is 1. The van der Waals surface area contributed by atoms with E-state index in [1.807, 2.05) is 6.07 Å². The molecule has 1 aliphatic heterocycles. The molecule has 0 bridgehead atoms. The molecule has 0 atom stereocenters. The van der Waals surface area contributed by atoms with E-state index in [0.717, 1.165) is 5.56 Å². The molecule has 0 radical (unpaired) electrons. The van der Waals surface area contributed by atoms with Crippen molar-refractivity contribution in [3.8, 4) is 0 Å². The summed E-state index contributed by atoms with van der Waals surface area (Å²) in [6.45, 7) is 5.81. The van der Waals surface area contributed by atoms with Crippen molar-refractivity contribution in [1.29, 1.82) is 0 Å². The lowest BCUT2D eigenvalue weighted by molar-refractivity contribution is -0.135. The summed E-state index contributed by atoms with van der Waals surface area (Å²) in [6.07, 6.45) is 2.95. The van der Waals surface area contributed by atoms with Gasteiger partial charge in [0.1, 0.15) is 6.54 Å². The SMILES string of the molecule is Cc1ccc(CN2CCN(C(=O)c3cncc(Cl)c3)CC2=O)cc1C. The summed E-state index contributed by atoms with van der Waals surface area (Å²) in [5, 5.41) is 0.408. The minimum Gasteiger partial charge on any atom is -0.335 e. The molecule has 1 aromatic carbocycles. The highest BCUT2D eigenvalue weighted by Gasteiger charge is 2.28. The van der Waals surface area contributed by atoms with Crippen LogP contribution in [0.4, 0.5) is 0 Å². The highest BCUT2D eigenvalue weighted by Crippen LogP contribution is 2.16. The average molecular weight is 358 g/mol. The third-order valence-electron chi connectivity index (χ3n) is 4.50. The average Bonchev–Trinajstić information content (AvgIpc) is 2.59. The number of rotatable bonds is 3. The molecule has 130 valence electrons. The van der Waals surface area contributed by atoms with Gasteiger partial charge in [-0.15, -0.1) is 0 Å². The second-order valence-corrected chi connectivity index (χ2v) is 6.79. The van der Waals surface area contributed by atoms with Crippen LogP contribution in [0.5, 0.6) is 0 Å². The molecule has 0 N–H and O–H groups in total. The van der Waals surface area contributed by atoms with Crippen molar-refractivity contribution in [2.24, 2.45) is 0 Å². The fraction of sp³-hybridized carbons (Fsp3) is 0.316. The van der Waals surface area contributed by atoms with Crippen LogP contribution >= 0.6 is 11.6 Å². The molecule has 2 amide bonds. The van der Waals surface area contributed by atoms with Crippen LogP contribution in [0.2, 0.25) is 5.02 Å². The molecule has 1 aliphatic rings. The van der Waals surface area contributed by atoms with E-state index >= 15 is 0 Å². The van der Waals surface area contributed by atoms with Gasteiger partial charge in [0, 0.05) is 32.0 Å². The number of aromatic nitrogens is 1. The van der Waals surface area contributed by atoms with Crippen LogP contribution in [0.15, 0.2) is 36.7 Å². The summed E-state index contributed by atoms with van der Waals surface area (Å²) in [5.41, 5.74) is 3.96. The van der Waals surface area contributed by atoms with Crippen LogP contribution < -0.4 is 0 Å². The Hall–Kier alpha value is -2.40. The molecule has 5 nitrogen and oxygen atoms in total. The Bertz CT molecular complexity index is 822. The Kier molecular flexibility index (Phi) is 5.04. The molecular formula is C19H20ClN3O2. The van der Waals surface area contributed by atoms with Gasteiger partial charge < -0.3 is 9.80 Å². The molecule has 2 aromatic rings. The number of hydrogen-bond acceptors (Lipinski definition) is 3. The Morgan fingerprint density at radius 1 is 1.16 bits per heavy atom. The molecule has 1 saturated heterocycles. The molecule has 0 unspecified atom stereocenters. The second-order valence-electron chi connectivity index (χ2n) is 6.35. The zero-order valence-electron chi connectivity index (χ0n) is 14.3. The number of carbonyl (C=O) groups is 2. The van der Waals surface area contributed by atoms with E-state index in [-0.39, 0.29) is 18.4 Å². The molecule has 0 saturated carbocycles. The molecule has 2 heterocycles. The maximum absolute atomic E-state index is 12.5. The molecule has 6 heteroatoms. The minimum atomic E-state index is -0.214. The number of nitrogens with zero attached hydrogens (tertiary/aromatic N) is 3. The molecule has 0 spiro atoms. The Morgan fingerprint density at radius 2 is 1.96 bits per heavy atom. The van der Waals surface area contributed by atoms with Crippen molar-refractivity contribution in [3.63, 3.8) is 0 Å². The van der Waals surface area contributed by atoms with Gasteiger partial charge in [0.25, 0.3) is 5.91 Å². The summed E-state index contributed by atoms with van der Waals surface area (Å²) in [7, 11) is 0. The fourth-order valence-corrected chi connectivity index (χ4v) is 3.06. The smallest absolute Gasteiger partial charge is 0.256 e. The van der Waals surface area contributed by atoms with E-state index in [9.17, 15) is 9.59 Å². The van der Waals surface area contributed by atoms with Gasteiger partial charge in [-0.05, 0) is 36.6 Å². The third-order valence-corrected chi connectivity index (χ3v) is 4.71. The predicted molar refractivity (Wildman–Crippen MR) is 96.5 cm³/mol. The van der Waals surface area contributed by atoms with Crippen molar-refractivity contribution in [1.82, 2.24) is 14.8 Å². The Balaban J connectivity index is 1.65. The Morgan fingerprint density at radius 3 is 2.64 bits per heavy atom. The van der Waals surface area contributed by atoms with E-state index in [1.165, 1.54) is 23.5 Å². The minimum absolute atomic E-state index is 0.0483. The van der Waals surface area contributed by atoms with Crippen molar-refractivity contribution in [2.45, 2.75) is 20.4 Å². The lowest BCUT2D eigenvalue weighted by Gasteiger charge is -2.34. The molecule has 25 heavy (non-hydrogen) atoms. The van der Waals surface area contributed by atoms with Crippen molar-refractivity contribution >= 4 is 23.4 Å². The first-order valence-electron chi connectivity index (χ1n) is 8.18. The van der Waals surface area contributed by atoms with Gasteiger partial charge >= 0.3 is 0 Å². The summed E-state index contributed by atoms with van der Waals surface area (Å²) in [5.74, 6) is -0.262. The van der Waals surface area contributed by atoms with Gasteiger partial charge in [0.15, 0.2) is 0 Å². The lowest BCUT2D eigenvalue weighted by Crippen LogP contribution is -2.51. The zero-order valence-corrected chi connectivity index (χ0v) is 15.1. The monoisotopic (exact) mass is 357 g/mol.